The zero-order valence-electron chi connectivity index (χ0n) is 15.3. The maximum Gasteiger partial charge on any atom is 0.137 e. The van der Waals surface area contributed by atoms with E-state index in [2.05, 4.69) is 78.8 Å². The Morgan fingerprint density at radius 3 is 2.58 bits per heavy atom. The zero-order valence-corrected chi connectivity index (χ0v) is 15.3. The molecule has 2 heterocycles. The average molecular weight is 325 g/mol. The van der Waals surface area contributed by atoms with Crippen LogP contribution in [0.3, 0.4) is 0 Å². The first-order valence-electron chi connectivity index (χ1n) is 8.45. The monoisotopic (exact) mass is 325 g/mol. The minimum absolute atomic E-state index is 0.0715. The largest absolute Gasteiger partial charge is 0.342 e. The van der Waals surface area contributed by atoms with Gasteiger partial charge in [-0.3, -0.25) is 0 Å². The van der Waals surface area contributed by atoms with Crippen LogP contribution in [0.15, 0.2) is 37.1 Å². The second kappa shape index (κ2) is 6.40. The lowest BCUT2D eigenvalue weighted by molar-refractivity contribution is 0.404. The van der Waals surface area contributed by atoms with Gasteiger partial charge in [0, 0.05) is 29.2 Å². The molecule has 0 unspecified atom stereocenters. The Morgan fingerprint density at radius 2 is 1.96 bits per heavy atom. The molecule has 0 N–H and O–H groups in total. The predicted molar refractivity (Wildman–Crippen MR) is 98.3 cm³/mol. The summed E-state index contributed by atoms with van der Waals surface area (Å²) in [6.07, 6.45) is 6.72. The van der Waals surface area contributed by atoms with E-state index in [4.69, 9.17) is 0 Å². The molecule has 0 atom stereocenters. The van der Waals surface area contributed by atoms with Crippen molar-refractivity contribution >= 4 is 10.9 Å². The lowest BCUT2D eigenvalue weighted by atomic mass is 10.1. The van der Waals surface area contributed by atoms with Gasteiger partial charge in [-0.25, -0.2) is 9.67 Å². The van der Waals surface area contributed by atoms with Gasteiger partial charge in [-0.2, -0.15) is 5.10 Å². The fourth-order valence-electron chi connectivity index (χ4n) is 3.04. The fourth-order valence-corrected chi connectivity index (χ4v) is 3.04. The topological polar surface area (TPSA) is 38.9 Å². The number of likely N-dealkylation sites (N-methyl/N-ethyl adjacent to an activating group) is 1. The first-order valence-corrected chi connectivity index (χ1v) is 8.45. The van der Waals surface area contributed by atoms with E-state index in [9.17, 15) is 0 Å². The highest BCUT2D eigenvalue weighted by molar-refractivity contribution is 5.85. The first kappa shape index (κ1) is 16.7. The van der Waals surface area contributed by atoms with Gasteiger partial charge < -0.3 is 9.47 Å². The van der Waals surface area contributed by atoms with Crippen molar-refractivity contribution in [3.8, 4) is 0 Å². The fraction of sp³-hybridized carbons (Fsp3) is 0.474. The molecule has 0 fully saturated rings. The molecule has 0 aliphatic heterocycles. The van der Waals surface area contributed by atoms with Crippen molar-refractivity contribution in [2.45, 2.75) is 39.3 Å². The van der Waals surface area contributed by atoms with E-state index in [1.54, 1.807) is 12.7 Å². The third-order valence-corrected chi connectivity index (χ3v) is 4.31. The summed E-state index contributed by atoms with van der Waals surface area (Å²) in [7, 11) is 4.25. The Labute approximate surface area is 143 Å². The molecule has 0 bridgehead atoms. The number of aromatic nitrogens is 4. The molecule has 0 spiro atoms. The van der Waals surface area contributed by atoms with Crippen molar-refractivity contribution in [1.29, 1.82) is 0 Å². The summed E-state index contributed by atoms with van der Waals surface area (Å²) in [5, 5.41) is 5.56. The molecule has 0 saturated heterocycles. The van der Waals surface area contributed by atoms with E-state index >= 15 is 0 Å². The maximum atomic E-state index is 4.21. The molecule has 2 aromatic heterocycles. The van der Waals surface area contributed by atoms with Crippen LogP contribution in [0.1, 0.15) is 31.9 Å². The van der Waals surface area contributed by atoms with E-state index in [-0.39, 0.29) is 5.54 Å². The van der Waals surface area contributed by atoms with E-state index in [0.29, 0.717) is 0 Å². The minimum Gasteiger partial charge on any atom is -0.342 e. The van der Waals surface area contributed by atoms with Crippen LogP contribution in [0.4, 0.5) is 0 Å². The number of nitrogens with zero attached hydrogens (tertiary/aromatic N) is 5. The summed E-state index contributed by atoms with van der Waals surface area (Å²) in [5.74, 6) is 0. The van der Waals surface area contributed by atoms with Gasteiger partial charge in [0.1, 0.15) is 12.7 Å². The van der Waals surface area contributed by atoms with Gasteiger partial charge in [-0.15, -0.1) is 0 Å². The molecular formula is C19H27N5. The first-order chi connectivity index (χ1) is 11.3. The summed E-state index contributed by atoms with van der Waals surface area (Å²) in [4.78, 5) is 6.26. The quantitative estimate of drug-likeness (QED) is 0.723. The standard InChI is InChI=1S/C19H27N5/c1-19(2,3)24-12-16(8-9-22(4)5)17-10-15(6-7-18(17)24)11-23-14-20-13-21-23/h6-7,10,12-14H,8-9,11H2,1-5H3. The van der Waals surface area contributed by atoms with Crippen molar-refractivity contribution in [3.63, 3.8) is 0 Å². The van der Waals surface area contributed by atoms with Crippen LogP contribution in [0.5, 0.6) is 0 Å². The molecule has 0 radical (unpaired) electrons. The van der Waals surface area contributed by atoms with Crippen LogP contribution in [0.25, 0.3) is 10.9 Å². The van der Waals surface area contributed by atoms with Crippen LogP contribution in [0.2, 0.25) is 0 Å². The smallest absolute Gasteiger partial charge is 0.137 e. The third-order valence-electron chi connectivity index (χ3n) is 4.31. The maximum absolute atomic E-state index is 4.21. The molecule has 5 nitrogen and oxygen atoms in total. The number of hydrogen-bond acceptors (Lipinski definition) is 3. The summed E-state index contributed by atoms with van der Waals surface area (Å²) < 4.78 is 4.26. The molecule has 1 aromatic carbocycles. The van der Waals surface area contributed by atoms with E-state index < -0.39 is 0 Å². The van der Waals surface area contributed by atoms with Crippen LogP contribution in [0, 0.1) is 0 Å². The summed E-state index contributed by atoms with van der Waals surface area (Å²) >= 11 is 0. The second-order valence-corrected chi connectivity index (χ2v) is 7.69. The second-order valence-electron chi connectivity index (χ2n) is 7.69. The van der Waals surface area contributed by atoms with Gasteiger partial charge in [0.25, 0.3) is 0 Å². The summed E-state index contributed by atoms with van der Waals surface area (Å²) in [6.45, 7) is 8.57. The van der Waals surface area contributed by atoms with Crippen LogP contribution in [-0.2, 0) is 18.5 Å². The number of hydrogen-bond donors (Lipinski definition) is 0. The molecule has 3 rings (SSSR count). The minimum atomic E-state index is 0.0715. The summed E-state index contributed by atoms with van der Waals surface area (Å²) in [5.41, 5.74) is 4.04. The number of benzene rings is 1. The van der Waals surface area contributed by atoms with Crippen molar-refractivity contribution in [2.75, 3.05) is 20.6 Å². The van der Waals surface area contributed by atoms with Gasteiger partial charge in [0.05, 0.1) is 6.54 Å². The van der Waals surface area contributed by atoms with Gasteiger partial charge in [0.15, 0.2) is 0 Å². The molecule has 128 valence electrons. The lowest BCUT2D eigenvalue weighted by Crippen LogP contribution is -2.20. The Kier molecular flexibility index (Phi) is 4.45. The van der Waals surface area contributed by atoms with E-state index in [1.165, 1.54) is 22.0 Å². The molecule has 0 saturated carbocycles. The van der Waals surface area contributed by atoms with Crippen LogP contribution >= 0.6 is 0 Å². The highest BCUT2D eigenvalue weighted by atomic mass is 15.3. The SMILES string of the molecule is CN(C)CCc1cn(C(C)(C)C)c2ccc(Cn3cncn3)cc12. The Bertz CT molecular complexity index is 806. The van der Waals surface area contributed by atoms with Gasteiger partial charge >= 0.3 is 0 Å². The van der Waals surface area contributed by atoms with E-state index in [0.717, 1.165) is 19.5 Å². The van der Waals surface area contributed by atoms with Gasteiger partial charge in [0.2, 0.25) is 0 Å². The molecule has 0 aliphatic carbocycles. The third kappa shape index (κ3) is 3.51. The number of rotatable bonds is 5. The Balaban J connectivity index is 2.03. The van der Waals surface area contributed by atoms with Gasteiger partial charge in [-0.1, -0.05) is 6.07 Å². The highest BCUT2D eigenvalue weighted by Gasteiger charge is 2.18. The normalized spacial score (nSPS) is 12.4. The van der Waals surface area contributed by atoms with Crippen LogP contribution < -0.4 is 0 Å². The van der Waals surface area contributed by atoms with Crippen molar-refractivity contribution < 1.29 is 0 Å². The molecule has 3 aromatic rings. The van der Waals surface area contributed by atoms with Gasteiger partial charge in [-0.05, 0) is 64.5 Å². The zero-order chi connectivity index (χ0) is 17.3. The van der Waals surface area contributed by atoms with Crippen molar-refractivity contribution in [2.24, 2.45) is 0 Å². The molecule has 0 amide bonds. The molecule has 24 heavy (non-hydrogen) atoms. The average Bonchev–Trinajstić information content (AvgIpc) is 3.12. The Hall–Kier alpha value is -2.14. The van der Waals surface area contributed by atoms with Crippen molar-refractivity contribution in [1.82, 2.24) is 24.2 Å². The molecule has 5 heteroatoms. The van der Waals surface area contributed by atoms with Crippen molar-refractivity contribution in [3.05, 3.63) is 48.2 Å². The summed E-state index contributed by atoms with van der Waals surface area (Å²) in [6, 6.07) is 6.75. The van der Waals surface area contributed by atoms with E-state index in [1.807, 2.05) is 4.68 Å². The molecule has 0 aliphatic rings. The highest BCUT2D eigenvalue weighted by Crippen LogP contribution is 2.29. The number of fused-ring (bicyclic) bond motifs is 1. The Morgan fingerprint density at radius 1 is 1.17 bits per heavy atom. The van der Waals surface area contributed by atoms with Crippen LogP contribution in [-0.4, -0.2) is 44.9 Å². The molecular weight excluding hydrogens is 298 g/mol. The lowest BCUT2D eigenvalue weighted by Gasteiger charge is -2.22. The predicted octanol–water partition coefficient (Wildman–Crippen LogP) is 3.14.